The van der Waals surface area contributed by atoms with E-state index in [2.05, 4.69) is 20.2 Å². The minimum atomic E-state index is -0.266. The predicted molar refractivity (Wildman–Crippen MR) is 36.1 cm³/mol. The summed E-state index contributed by atoms with van der Waals surface area (Å²) in [6.45, 7) is 1.69. The molecule has 6 heteroatoms. The molecule has 2 aromatic rings. The number of hydrogen-bond acceptors (Lipinski definition) is 4. The fourth-order valence-electron chi connectivity index (χ4n) is 0.882. The number of fused-ring (bicyclic) bond motifs is 1. The molecule has 0 radical (unpaired) electrons. The number of nitrogens with zero attached hydrogens (tertiary/aromatic N) is 4. The molecule has 11 heavy (non-hydrogen) atoms. The summed E-state index contributed by atoms with van der Waals surface area (Å²) in [5.41, 5.74) is -0.266. The Morgan fingerprint density at radius 1 is 1.55 bits per heavy atom. The van der Waals surface area contributed by atoms with Gasteiger partial charge in [0.15, 0.2) is 0 Å². The fraction of sp³-hybridized carbons (Fsp3) is 0.200. The number of hydrogen-bond donors (Lipinski definition) is 1. The van der Waals surface area contributed by atoms with Crippen molar-refractivity contribution in [2.45, 2.75) is 6.92 Å². The van der Waals surface area contributed by atoms with E-state index in [1.54, 1.807) is 6.92 Å². The van der Waals surface area contributed by atoms with Crippen molar-refractivity contribution in [2.75, 3.05) is 0 Å². The van der Waals surface area contributed by atoms with Crippen molar-refractivity contribution in [1.82, 2.24) is 24.6 Å². The highest BCUT2D eigenvalue weighted by Crippen LogP contribution is 1.90. The van der Waals surface area contributed by atoms with Gasteiger partial charge in [-0.2, -0.15) is 0 Å². The average Bonchev–Trinajstić information content (AvgIpc) is 2.34. The SMILES string of the molecule is Cc1nnc2nc[nH]c(=O)n12. The van der Waals surface area contributed by atoms with Gasteiger partial charge in [-0.1, -0.05) is 0 Å². The van der Waals surface area contributed by atoms with Crippen molar-refractivity contribution < 1.29 is 0 Å². The molecule has 0 saturated heterocycles. The molecule has 0 spiro atoms. The Bertz CT molecular complexity index is 441. The van der Waals surface area contributed by atoms with E-state index in [1.807, 2.05) is 0 Å². The molecule has 0 aliphatic carbocycles. The van der Waals surface area contributed by atoms with E-state index in [4.69, 9.17) is 0 Å². The molecule has 56 valence electrons. The van der Waals surface area contributed by atoms with Crippen LogP contribution in [-0.4, -0.2) is 24.6 Å². The van der Waals surface area contributed by atoms with E-state index < -0.39 is 0 Å². The van der Waals surface area contributed by atoms with Gasteiger partial charge in [-0.25, -0.2) is 14.2 Å². The highest BCUT2D eigenvalue weighted by atomic mass is 16.1. The van der Waals surface area contributed by atoms with Crippen LogP contribution in [0.2, 0.25) is 0 Å². The monoisotopic (exact) mass is 151 g/mol. The van der Waals surface area contributed by atoms with Crippen LogP contribution >= 0.6 is 0 Å². The van der Waals surface area contributed by atoms with Gasteiger partial charge in [-0.3, -0.25) is 4.98 Å². The maximum Gasteiger partial charge on any atom is 0.335 e. The highest BCUT2D eigenvalue weighted by Gasteiger charge is 2.02. The molecule has 0 aliphatic rings. The van der Waals surface area contributed by atoms with Gasteiger partial charge < -0.3 is 0 Å². The lowest BCUT2D eigenvalue weighted by Gasteiger charge is -1.88. The maximum absolute atomic E-state index is 11.0. The summed E-state index contributed by atoms with van der Waals surface area (Å²) in [5.74, 6) is 0.862. The Labute approximate surface area is 60.9 Å². The summed E-state index contributed by atoms with van der Waals surface area (Å²) in [7, 11) is 0. The van der Waals surface area contributed by atoms with E-state index in [0.717, 1.165) is 0 Å². The van der Waals surface area contributed by atoms with Gasteiger partial charge in [0, 0.05) is 0 Å². The molecule has 6 nitrogen and oxygen atoms in total. The van der Waals surface area contributed by atoms with Gasteiger partial charge >= 0.3 is 5.69 Å². The molecule has 2 rings (SSSR count). The Morgan fingerprint density at radius 2 is 2.36 bits per heavy atom. The van der Waals surface area contributed by atoms with Gasteiger partial charge in [-0.05, 0) is 6.92 Å². The van der Waals surface area contributed by atoms with Crippen molar-refractivity contribution in [3.05, 3.63) is 22.6 Å². The summed E-state index contributed by atoms with van der Waals surface area (Å²) in [5, 5.41) is 7.35. The number of aromatic amines is 1. The van der Waals surface area contributed by atoms with E-state index in [9.17, 15) is 4.79 Å². The smallest absolute Gasteiger partial charge is 0.297 e. The maximum atomic E-state index is 11.0. The van der Waals surface area contributed by atoms with Crippen LogP contribution < -0.4 is 5.69 Å². The van der Waals surface area contributed by atoms with Crippen LogP contribution in [0, 0.1) is 6.92 Å². The first-order valence-corrected chi connectivity index (χ1v) is 3.04. The molecule has 0 aliphatic heterocycles. The van der Waals surface area contributed by atoms with Gasteiger partial charge in [0.25, 0.3) is 5.78 Å². The second-order valence-electron chi connectivity index (χ2n) is 2.09. The van der Waals surface area contributed by atoms with Crippen LogP contribution in [-0.2, 0) is 0 Å². The highest BCUT2D eigenvalue weighted by molar-refractivity contribution is 5.23. The number of nitrogens with one attached hydrogen (secondary N) is 1. The molecule has 0 bridgehead atoms. The number of aromatic nitrogens is 5. The number of H-pyrrole nitrogens is 1. The van der Waals surface area contributed by atoms with Gasteiger partial charge in [0.1, 0.15) is 12.2 Å². The molecule has 2 heterocycles. The third-order valence-electron chi connectivity index (χ3n) is 1.38. The first-order chi connectivity index (χ1) is 5.29. The quantitative estimate of drug-likeness (QED) is 0.530. The van der Waals surface area contributed by atoms with E-state index in [0.29, 0.717) is 11.6 Å². The van der Waals surface area contributed by atoms with Crippen molar-refractivity contribution in [2.24, 2.45) is 0 Å². The van der Waals surface area contributed by atoms with Crippen LogP contribution in [0.25, 0.3) is 5.78 Å². The molecular formula is C5H5N5O. The largest absolute Gasteiger partial charge is 0.335 e. The van der Waals surface area contributed by atoms with Gasteiger partial charge in [-0.15, -0.1) is 10.2 Å². The van der Waals surface area contributed by atoms with E-state index in [-0.39, 0.29) is 5.69 Å². The van der Waals surface area contributed by atoms with Crippen LogP contribution in [0.5, 0.6) is 0 Å². The molecule has 0 unspecified atom stereocenters. The fourth-order valence-corrected chi connectivity index (χ4v) is 0.882. The molecule has 1 N–H and O–H groups in total. The lowest BCUT2D eigenvalue weighted by molar-refractivity contribution is 0.908. The lowest BCUT2D eigenvalue weighted by Crippen LogP contribution is -2.17. The van der Waals surface area contributed by atoms with Crippen molar-refractivity contribution in [3.63, 3.8) is 0 Å². The summed E-state index contributed by atoms with van der Waals surface area (Å²) in [6.07, 6.45) is 1.30. The van der Waals surface area contributed by atoms with Crippen molar-refractivity contribution >= 4 is 5.78 Å². The second-order valence-corrected chi connectivity index (χ2v) is 2.09. The third-order valence-corrected chi connectivity index (χ3v) is 1.38. The van der Waals surface area contributed by atoms with Crippen molar-refractivity contribution in [1.29, 1.82) is 0 Å². The number of aryl methyl sites for hydroxylation is 1. The minimum absolute atomic E-state index is 0.266. The Hall–Kier alpha value is -1.72. The molecule has 0 atom stereocenters. The molecule has 0 aromatic carbocycles. The minimum Gasteiger partial charge on any atom is -0.297 e. The molecule has 0 saturated carbocycles. The average molecular weight is 151 g/mol. The molecule has 0 fully saturated rings. The Kier molecular flexibility index (Phi) is 1.03. The lowest BCUT2D eigenvalue weighted by atomic mass is 10.7. The van der Waals surface area contributed by atoms with Crippen LogP contribution in [0.4, 0.5) is 0 Å². The second kappa shape index (κ2) is 1.88. The summed E-state index contributed by atoms with van der Waals surface area (Å²) >= 11 is 0. The predicted octanol–water partition coefficient (Wildman–Crippen LogP) is -0.879. The van der Waals surface area contributed by atoms with Crippen molar-refractivity contribution in [3.8, 4) is 0 Å². The van der Waals surface area contributed by atoms with Crippen LogP contribution in [0.1, 0.15) is 5.82 Å². The van der Waals surface area contributed by atoms with E-state index in [1.165, 1.54) is 10.7 Å². The standard InChI is InChI=1S/C5H5N5O/c1-3-8-9-4-6-2-7-5(11)10(3)4/h2H,1H3,(H,6,7,9,11). The Morgan fingerprint density at radius 3 is 3.09 bits per heavy atom. The van der Waals surface area contributed by atoms with Crippen LogP contribution in [0.15, 0.2) is 11.1 Å². The molecule has 0 amide bonds. The van der Waals surface area contributed by atoms with Crippen LogP contribution in [0.3, 0.4) is 0 Å². The topological polar surface area (TPSA) is 75.9 Å². The first kappa shape index (κ1) is 6.02. The summed E-state index contributed by atoms with van der Waals surface area (Å²) in [4.78, 5) is 17.3. The molecular weight excluding hydrogens is 146 g/mol. The first-order valence-electron chi connectivity index (χ1n) is 3.04. The Balaban J connectivity index is 3.08. The third kappa shape index (κ3) is 0.721. The zero-order chi connectivity index (χ0) is 7.84. The zero-order valence-corrected chi connectivity index (χ0v) is 5.77. The summed E-state index contributed by atoms with van der Waals surface area (Å²) < 4.78 is 1.31. The van der Waals surface area contributed by atoms with Gasteiger partial charge in [0.2, 0.25) is 0 Å². The zero-order valence-electron chi connectivity index (χ0n) is 5.77. The van der Waals surface area contributed by atoms with E-state index >= 15 is 0 Å². The van der Waals surface area contributed by atoms with Gasteiger partial charge in [0.05, 0.1) is 0 Å². The summed E-state index contributed by atoms with van der Waals surface area (Å²) in [6, 6.07) is 0. The molecule has 2 aromatic heterocycles. The number of rotatable bonds is 0. The normalized spacial score (nSPS) is 10.6.